The zero-order valence-corrected chi connectivity index (χ0v) is 29.1. The fourth-order valence-electron chi connectivity index (χ4n) is 6.77. The van der Waals surface area contributed by atoms with Gasteiger partial charge in [-0.05, 0) is 47.4 Å². The summed E-state index contributed by atoms with van der Waals surface area (Å²) in [6.45, 7) is 1.84. The van der Waals surface area contributed by atoms with Crippen molar-refractivity contribution in [2.45, 2.75) is 63.7 Å². The number of carbonyl (C=O) groups excluding carboxylic acids is 4. The Labute approximate surface area is 308 Å². The van der Waals surface area contributed by atoms with Gasteiger partial charge in [0.25, 0.3) is 0 Å². The minimum absolute atomic E-state index is 0.0406. The summed E-state index contributed by atoms with van der Waals surface area (Å²) < 4.78 is 17.2. The minimum Gasteiger partial charge on any atom is -0.507 e. The number of aldehydes is 1. The van der Waals surface area contributed by atoms with E-state index in [2.05, 4.69) is 0 Å². The number of fused-ring (bicyclic) bond motifs is 2. The Morgan fingerprint density at radius 3 is 2.24 bits per heavy atom. The van der Waals surface area contributed by atoms with Crippen molar-refractivity contribution in [2.24, 2.45) is 11.5 Å². The fourth-order valence-corrected chi connectivity index (χ4v) is 6.77. The molecule has 14 nitrogen and oxygen atoms in total. The van der Waals surface area contributed by atoms with Crippen molar-refractivity contribution < 1.29 is 58.9 Å². The molecule has 0 bridgehead atoms. The van der Waals surface area contributed by atoms with Crippen LogP contribution in [-0.2, 0) is 22.6 Å². The number of aliphatic hydroxyl groups is 4. The first-order valence-corrected chi connectivity index (χ1v) is 16.9. The highest BCUT2D eigenvalue weighted by atomic mass is 16.7. The van der Waals surface area contributed by atoms with Crippen molar-refractivity contribution in [3.05, 3.63) is 122 Å². The molecule has 9 N–H and O–H groups in total. The Morgan fingerprint density at radius 1 is 0.870 bits per heavy atom. The lowest BCUT2D eigenvalue weighted by Gasteiger charge is -2.39. The number of aliphatic hydroxyl groups excluding tert-OH is 4. The molecule has 5 atom stereocenters. The summed E-state index contributed by atoms with van der Waals surface area (Å²) in [4.78, 5) is 53.8. The Bertz CT molecular complexity index is 2180. The summed E-state index contributed by atoms with van der Waals surface area (Å²) in [6, 6.07) is 16.1. The van der Waals surface area contributed by atoms with Crippen LogP contribution in [0.15, 0.2) is 60.7 Å². The zero-order valence-electron chi connectivity index (χ0n) is 29.1. The van der Waals surface area contributed by atoms with Crippen LogP contribution in [0.4, 0.5) is 0 Å². The maximum atomic E-state index is 14.7. The second-order valence-corrected chi connectivity index (χ2v) is 13.0. The van der Waals surface area contributed by atoms with E-state index in [1.165, 1.54) is 19.1 Å². The smallest absolute Gasteiger partial charge is 0.308 e. The van der Waals surface area contributed by atoms with Gasteiger partial charge in [0.15, 0.2) is 17.9 Å². The molecule has 14 heteroatoms. The average Bonchev–Trinajstić information content (AvgIpc) is 3.15. The van der Waals surface area contributed by atoms with Crippen molar-refractivity contribution in [1.29, 1.82) is 0 Å². The Balaban J connectivity index is 1.59. The number of nitrogens with two attached hydrogens (primary N) is 2. The normalized spacial score (nSPS) is 20.9. The number of esters is 1. The second-order valence-electron chi connectivity index (χ2n) is 13.0. The van der Waals surface area contributed by atoms with E-state index in [-0.39, 0.29) is 62.4 Å². The standard InChI is InChI=1S/C40H38N2O12/c1-18-33(46)37(50)38(51)40(52-18)54-29-15-26-32(34(47)25(29)13-21-9-6-10-23(39(41)42)27(21)17-44)36(49)30-22(16-43)14-28(53-19(2)45)24(31(30)35(26)48)12-11-20-7-4-3-5-8-20/h3-12,14-15,17-18,33,37-40,43,46-47,50-51H,13,16,41-42H2,1-2H3. The topological polar surface area (TPSA) is 249 Å². The van der Waals surface area contributed by atoms with Crippen LogP contribution >= 0.6 is 0 Å². The number of rotatable bonds is 10. The molecular weight excluding hydrogens is 700 g/mol. The molecular formula is C40H38N2O12. The van der Waals surface area contributed by atoms with E-state index in [4.69, 9.17) is 25.7 Å². The first kappa shape index (κ1) is 38.2. The van der Waals surface area contributed by atoms with Gasteiger partial charge in [-0.1, -0.05) is 54.6 Å². The first-order chi connectivity index (χ1) is 25.8. The van der Waals surface area contributed by atoms with Gasteiger partial charge in [0.1, 0.15) is 35.6 Å². The number of ether oxygens (including phenoxy) is 3. The number of carbonyl (C=O) groups is 4. The summed E-state index contributed by atoms with van der Waals surface area (Å²) in [5, 5.41) is 54.1. The van der Waals surface area contributed by atoms with Gasteiger partial charge < -0.3 is 51.2 Å². The highest BCUT2D eigenvalue weighted by molar-refractivity contribution is 6.31. The molecule has 2 aliphatic rings. The predicted molar refractivity (Wildman–Crippen MR) is 193 cm³/mol. The molecule has 4 aromatic carbocycles. The molecule has 5 unspecified atom stereocenters. The van der Waals surface area contributed by atoms with Crippen LogP contribution in [0.5, 0.6) is 17.2 Å². The lowest BCUT2D eigenvalue weighted by Crippen LogP contribution is -2.58. The molecule has 54 heavy (non-hydrogen) atoms. The molecule has 1 heterocycles. The van der Waals surface area contributed by atoms with E-state index in [0.29, 0.717) is 17.4 Å². The molecule has 0 saturated carbocycles. The maximum Gasteiger partial charge on any atom is 0.308 e. The number of ketones is 2. The quantitative estimate of drug-likeness (QED) is 0.0357. The average molecular weight is 739 g/mol. The maximum absolute atomic E-state index is 14.7. The van der Waals surface area contributed by atoms with Crippen molar-refractivity contribution in [1.82, 2.24) is 0 Å². The third-order valence-corrected chi connectivity index (χ3v) is 9.49. The van der Waals surface area contributed by atoms with Gasteiger partial charge in [0.05, 0.1) is 24.4 Å². The van der Waals surface area contributed by atoms with Crippen LogP contribution in [0.1, 0.15) is 95.6 Å². The third-order valence-electron chi connectivity index (χ3n) is 9.49. The molecule has 1 fully saturated rings. The Kier molecular flexibility index (Phi) is 10.9. The molecule has 0 spiro atoms. The SMILES string of the molecule is CC(=O)Oc1cc(CO)c2c(c1C=Cc1ccccc1)C(=O)c1cc(OC3OC(C)C(O)C(O)C3O)c(Cc3cccc(C(N)N)c3C=O)c(O)c1C2=O. The molecule has 4 aromatic rings. The summed E-state index contributed by atoms with van der Waals surface area (Å²) in [5.74, 6) is -3.52. The van der Waals surface area contributed by atoms with Gasteiger partial charge >= 0.3 is 5.97 Å². The van der Waals surface area contributed by atoms with Gasteiger partial charge in [0.2, 0.25) is 6.29 Å². The molecule has 280 valence electrons. The number of phenols is 1. The number of hydrogen-bond acceptors (Lipinski definition) is 14. The van der Waals surface area contributed by atoms with Crippen molar-refractivity contribution in [3.8, 4) is 17.2 Å². The highest BCUT2D eigenvalue weighted by Crippen LogP contribution is 2.45. The van der Waals surface area contributed by atoms with Crippen LogP contribution in [0.2, 0.25) is 0 Å². The first-order valence-electron chi connectivity index (χ1n) is 16.9. The number of aromatic hydroxyl groups is 1. The lowest BCUT2D eigenvalue weighted by atomic mass is 9.77. The summed E-state index contributed by atoms with van der Waals surface area (Å²) in [7, 11) is 0. The van der Waals surface area contributed by atoms with Crippen molar-refractivity contribution in [3.63, 3.8) is 0 Å². The van der Waals surface area contributed by atoms with E-state index in [1.54, 1.807) is 48.5 Å². The fraction of sp³-hybridized carbons (Fsp3) is 0.250. The van der Waals surface area contributed by atoms with Crippen molar-refractivity contribution in [2.75, 3.05) is 0 Å². The van der Waals surface area contributed by atoms with Crippen molar-refractivity contribution >= 4 is 36.0 Å². The van der Waals surface area contributed by atoms with Crippen LogP contribution in [0, 0.1) is 0 Å². The van der Waals surface area contributed by atoms with E-state index in [0.717, 1.165) is 13.0 Å². The molecule has 6 rings (SSSR count). The van der Waals surface area contributed by atoms with Crippen LogP contribution in [0.25, 0.3) is 12.2 Å². The molecule has 1 aliphatic heterocycles. The van der Waals surface area contributed by atoms with Gasteiger partial charge in [-0.15, -0.1) is 0 Å². The molecule has 1 saturated heterocycles. The summed E-state index contributed by atoms with van der Waals surface area (Å²) in [5.41, 5.74) is 11.8. The molecule has 1 aliphatic carbocycles. The summed E-state index contributed by atoms with van der Waals surface area (Å²) >= 11 is 0. The van der Waals surface area contributed by atoms with Crippen LogP contribution in [-0.4, -0.2) is 80.1 Å². The monoisotopic (exact) mass is 738 g/mol. The van der Waals surface area contributed by atoms with E-state index in [9.17, 15) is 44.7 Å². The highest BCUT2D eigenvalue weighted by Gasteiger charge is 2.44. The second kappa shape index (κ2) is 15.4. The van der Waals surface area contributed by atoms with E-state index >= 15 is 0 Å². The van der Waals surface area contributed by atoms with Gasteiger partial charge in [-0.25, -0.2) is 0 Å². The largest absolute Gasteiger partial charge is 0.507 e. The molecule has 0 amide bonds. The van der Waals surface area contributed by atoms with E-state index in [1.807, 2.05) is 6.07 Å². The predicted octanol–water partition coefficient (Wildman–Crippen LogP) is 2.28. The Hall–Kier alpha value is -5.58. The minimum atomic E-state index is -1.81. The van der Waals surface area contributed by atoms with Crippen LogP contribution in [0.3, 0.4) is 0 Å². The number of hydrogen-bond donors (Lipinski definition) is 7. The molecule has 0 aromatic heterocycles. The molecule has 0 radical (unpaired) electrons. The lowest BCUT2D eigenvalue weighted by molar-refractivity contribution is -0.268. The van der Waals surface area contributed by atoms with Gasteiger partial charge in [-0.2, -0.15) is 0 Å². The number of phenolic OH excluding ortho intramolecular Hbond substituents is 1. The Morgan fingerprint density at radius 2 is 1.59 bits per heavy atom. The number of benzene rings is 4. The van der Waals surface area contributed by atoms with Gasteiger partial charge in [0, 0.05) is 46.7 Å². The van der Waals surface area contributed by atoms with Gasteiger partial charge in [-0.3, -0.25) is 19.2 Å². The third kappa shape index (κ3) is 6.95. The van der Waals surface area contributed by atoms with Crippen LogP contribution < -0.4 is 20.9 Å². The van der Waals surface area contributed by atoms with E-state index < -0.39 is 72.3 Å². The zero-order chi connectivity index (χ0) is 39.0. The summed E-state index contributed by atoms with van der Waals surface area (Å²) in [6.07, 6.45) is -5.35.